The predicted molar refractivity (Wildman–Crippen MR) is 105 cm³/mol. The van der Waals surface area contributed by atoms with Gasteiger partial charge in [0.2, 0.25) is 5.91 Å². The number of carbonyl (C=O) groups excluding carboxylic acids is 1. The maximum Gasteiger partial charge on any atom is 0.237 e. The summed E-state index contributed by atoms with van der Waals surface area (Å²) in [5, 5.41) is 5.70. The summed E-state index contributed by atoms with van der Waals surface area (Å²) in [5.41, 5.74) is 2.77. The molecule has 1 amide bonds. The third-order valence-corrected chi connectivity index (χ3v) is 5.32. The van der Waals surface area contributed by atoms with Crippen molar-refractivity contribution in [2.45, 2.75) is 17.9 Å². The van der Waals surface area contributed by atoms with E-state index in [1.807, 2.05) is 30.5 Å². The van der Waals surface area contributed by atoms with Crippen molar-refractivity contribution in [3.63, 3.8) is 0 Å². The van der Waals surface area contributed by atoms with Gasteiger partial charge in [-0.2, -0.15) is 0 Å². The Balaban J connectivity index is 1.90. The third kappa shape index (κ3) is 5.22. The van der Waals surface area contributed by atoms with Gasteiger partial charge in [-0.15, -0.1) is 23.1 Å². The molecule has 0 saturated heterocycles. The molecule has 1 N–H and O–H groups in total. The third-order valence-electron chi connectivity index (χ3n) is 3.21. The maximum atomic E-state index is 12.2. The molecule has 0 aliphatic heterocycles. The van der Waals surface area contributed by atoms with E-state index in [9.17, 15) is 4.79 Å². The molecular formula is C19H20N2OS2. The highest BCUT2D eigenvalue weighted by molar-refractivity contribution is 7.99. The van der Waals surface area contributed by atoms with Gasteiger partial charge in [0.25, 0.3) is 0 Å². The summed E-state index contributed by atoms with van der Waals surface area (Å²) >= 11 is 3.19. The van der Waals surface area contributed by atoms with E-state index in [4.69, 9.17) is 0 Å². The van der Waals surface area contributed by atoms with Gasteiger partial charge in [0.1, 0.15) is 5.01 Å². The molecule has 24 heavy (non-hydrogen) atoms. The van der Waals surface area contributed by atoms with Crippen LogP contribution in [0.25, 0.3) is 10.6 Å². The highest BCUT2D eigenvalue weighted by Crippen LogP contribution is 2.26. The lowest BCUT2D eigenvalue weighted by Crippen LogP contribution is -2.29. The second-order valence-electron chi connectivity index (χ2n) is 5.01. The van der Waals surface area contributed by atoms with Crippen LogP contribution in [-0.2, 0) is 10.5 Å². The molecule has 0 aliphatic rings. The number of amides is 1. The normalized spacial score (nSPS) is 12.5. The molecular weight excluding hydrogens is 336 g/mol. The van der Waals surface area contributed by atoms with Crippen LogP contribution in [0, 0.1) is 0 Å². The van der Waals surface area contributed by atoms with Crippen molar-refractivity contribution >= 4 is 29.0 Å². The van der Waals surface area contributed by atoms with Crippen LogP contribution in [-0.4, -0.2) is 16.1 Å². The van der Waals surface area contributed by atoms with Crippen LogP contribution in [0.3, 0.4) is 0 Å². The molecule has 5 heteroatoms. The summed E-state index contributed by atoms with van der Waals surface area (Å²) in [6, 6.07) is 10.1. The summed E-state index contributed by atoms with van der Waals surface area (Å²) in [6.45, 7) is 9.18. The van der Waals surface area contributed by atoms with Crippen LogP contribution in [0.2, 0.25) is 0 Å². The Morgan fingerprint density at radius 1 is 1.38 bits per heavy atom. The Kier molecular flexibility index (Phi) is 7.03. The van der Waals surface area contributed by atoms with Crippen molar-refractivity contribution in [2.24, 2.45) is 0 Å². The Hall–Kier alpha value is -2.11. The van der Waals surface area contributed by atoms with Gasteiger partial charge in [-0.3, -0.25) is 4.79 Å². The first-order chi connectivity index (χ1) is 11.6. The van der Waals surface area contributed by atoms with Crippen LogP contribution in [0.15, 0.2) is 72.8 Å². The first-order valence-corrected chi connectivity index (χ1v) is 9.44. The summed E-state index contributed by atoms with van der Waals surface area (Å²) in [4.78, 5) is 16.8. The number of rotatable bonds is 8. The molecule has 2 rings (SSSR count). The Labute approximate surface area is 151 Å². The molecule has 1 aromatic heterocycles. The number of aromatic nitrogens is 1. The second-order valence-corrected chi connectivity index (χ2v) is 7.20. The number of hydrogen-bond donors (Lipinski definition) is 1. The zero-order valence-corrected chi connectivity index (χ0v) is 15.2. The van der Waals surface area contributed by atoms with E-state index in [1.165, 1.54) is 0 Å². The highest BCUT2D eigenvalue weighted by atomic mass is 32.2. The molecule has 0 spiro atoms. The van der Waals surface area contributed by atoms with Crippen LogP contribution < -0.4 is 5.32 Å². The van der Waals surface area contributed by atoms with Gasteiger partial charge in [0.15, 0.2) is 0 Å². The van der Waals surface area contributed by atoms with Crippen molar-refractivity contribution in [1.29, 1.82) is 0 Å². The van der Waals surface area contributed by atoms with Crippen molar-refractivity contribution in [3.8, 4) is 10.6 Å². The molecule has 1 atom stereocenters. The average Bonchev–Trinajstić information content (AvgIpc) is 3.09. The number of hydrogen-bond acceptors (Lipinski definition) is 4. The molecule has 0 fully saturated rings. The lowest BCUT2D eigenvalue weighted by molar-refractivity contribution is -0.119. The molecule has 2 aromatic rings. The van der Waals surface area contributed by atoms with E-state index in [1.54, 1.807) is 41.3 Å². The average molecular weight is 357 g/mol. The molecule has 1 heterocycles. The molecule has 0 saturated carbocycles. The number of benzene rings is 1. The number of thiazole rings is 1. The highest BCUT2D eigenvalue weighted by Gasteiger charge is 2.15. The number of nitrogens with one attached hydrogen (secondary N) is 1. The lowest BCUT2D eigenvalue weighted by atomic mass is 10.2. The molecule has 124 valence electrons. The first-order valence-electron chi connectivity index (χ1n) is 7.51. The van der Waals surface area contributed by atoms with Crippen LogP contribution in [0.5, 0.6) is 0 Å². The molecule has 0 aliphatic carbocycles. The molecule has 1 aromatic carbocycles. The van der Waals surface area contributed by atoms with E-state index in [0.717, 1.165) is 16.3 Å². The van der Waals surface area contributed by atoms with Gasteiger partial charge in [0, 0.05) is 22.4 Å². The van der Waals surface area contributed by atoms with Crippen molar-refractivity contribution < 1.29 is 4.79 Å². The molecule has 1 unspecified atom stereocenters. The van der Waals surface area contributed by atoms with Crippen LogP contribution >= 0.6 is 23.1 Å². The second kappa shape index (κ2) is 9.25. The fourth-order valence-corrected chi connectivity index (χ4v) is 3.61. The van der Waals surface area contributed by atoms with E-state index in [2.05, 4.69) is 35.6 Å². The van der Waals surface area contributed by atoms with Crippen LogP contribution in [0.4, 0.5) is 0 Å². The Morgan fingerprint density at radius 3 is 2.79 bits per heavy atom. The summed E-state index contributed by atoms with van der Waals surface area (Å²) in [5.74, 6) is 0.651. The summed E-state index contributed by atoms with van der Waals surface area (Å²) in [6.07, 6.45) is 4.94. The van der Waals surface area contributed by atoms with Crippen LogP contribution in [0.1, 0.15) is 12.6 Å². The molecule has 0 radical (unpaired) electrons. The van der Waals surface area contributed by atoms with E-state index < -0.39 is 0 Å². The van der Waals surface area contributed by atoms with Gasteiger partial charge in [-0.1, -0.05) is 49.6 Å². The SMILES string of the molecule is C=C/C=C(\C=C)NC(=O)C(C)SCc1csc(-c2ccccc2)n1. The summed E-state index contributed by atoms with van der Waals surface area (Å²) < 4.78 is 0. The molecule has 0 bridgehead atoms. The fourth-order valence-electron chi connectivity index (χ4n) is 1.90. The van der Waals surface area contributed by atoms with Crippen molar-refractivity contribution in [2.75, 3.05) is 0 Å². The quantitative estimate of drug-likeness (QED) is 0.691. The van der Waals surface area contributed by atoms with E-state index in [-0.39, 0.29) is 11.2 Å². The largest absolute Gasteiger partial charge is 0.325 e. The molecule has 3 nitrogen and oxygen atoms in total. The first kappa shape index (κ1) is 18.2. The standard InChI is InChI=1S/C19H20N2OS2/c1-4-9-16(5-2)20-18(22)14(3)23-12-17-13-24-19(21-17)15-10-7-6-8-11-15/h4-11,13-14H,1-2,12H2,3H3,(H,20,22)/b16-9+. The topological polar surface area (TPSA) is 42.0 Å². The monoisotopic (exact) mass is 356 g/mol. The number of thioether (sulfide) groups is 1. The zero-order valence-electron chi connectivity index (χ0n) is 13.6. The van der Waals surface area contributed by atoms with Gasteiger partial charge < -0.3 is 5.32 Å². The minimum absolute atomic E-state index is 0.0495. The predicted octanol–water partition coefficient (Wildman–Crippen LogP) is 4.80. The van der Waals surface area contributed by atoms with E-state index in [0.29, 0.717) is 11.4 Å². The minimum atomic E-state index is -0.181. The van der Waals surface area contributed by atoms with Crippen molar-refractivity contribution in [3.05, 3.63) is 78.5 Å². The Morgan fingerprint density at radius 2 is 2.12 bits per heavy atom. The Bertz CT molecular complexity index is 735. The summed E-state index contributed by atoms with van der Waals surface area (Å²) in [7, 11) is 0. The smallest absolute Gasteiger partial charge is 0.237 e. The number of allylic oxidation sites excluding steroid dienone is 3. The van der Waals surface area contributed by atoms with Crippen molar-refractivity contribution in [1.82, 2.24) is 10.3 Å². The number of nitrogens with zero attached hydrogens (tertiary/aromatic N) is 1. The number of carbonyl (C=O) groups is 1. The van der Waals surface area contributed by atoms with E-state index >= 15 is 0 Å². The van der Waals surface area contributed by atoms with Gasteiger partial charge >= 0.3 is 0 Å². The van der Waals surface area contributed by atoms with Gasteiger partial charge in [-0.05, 0) is 19.1 Å². The van der Waals surface area contributed by atoms with Gasteiger partial charge in [0.05, 0.1) is 10.9 Å². The zero-order chi connectivity index (χ0) is 17.4. The lowest BCUT2D eigenvalue weighted by Gasteiger charge is -2.11. The maximum absolute atomic E-state index is 12.2. The minimum Gasteiger partial charge on any atom is -0.325 e. The van der Waals surface area contributed by atoms with Gasteiger partial charge in [-0.25, -0.2) is 4.98 Å². The fraction of sp³-hybridized carbons (Fsp3) is 0.158.